The average molecular weight is 123 g/mol. The van der Waals surface area contributed by atoms with Gasteiger partial charge in [0.15, 0.2) is 0 Å². The maximum Gasteiger partial charge on any atom is 0.129 e. The lowest BCUT2D eigenvalue weighted by molar-refractivity contribution is 0.387. The number of hydrogen-bond acceptors (Lipinski definition) is 1. The van der Waals surface area contributed by atoms with Crippen LogP contribution in [-0.2, 0) is 0 Å². The lowest BCUT2D eigenvalue weighted by atomic mass is 9.37. The summed E-state index contributed by atoms with van der Waals surface area (Å²) < 4.78 is 0. The molecule has 2 saturated heterocycles. The smallest absolute Gasteiger partial charge is 0.129 e. The average Bonchev–Trinajstić information content (AvgIpc) is 2.09. The SMILES string of the molecule is CN1CCC2(BCC2)C1. The summed E-state index contributed by atoms with van der Waals surface area (Å²) in [6.45, 7) is 2.73. The van der Waals surface area contributed by atoms with Gasteiger partial charge in [-0.3, -0.25) is 0 Å². The molecule has 1 atom stereocenters. The van der Waals surface area contributed by atoms with E-state index in [0.29, 0.717) is 0 Å². The van der Waals surface area contributed by atoms with Gasteiger partial charge in [-0.15, -0.1) is 0 Å². The van der Waals surface area contributed by atoms with Crippen LogP contribution in [0.5, 0.6) is 0 Å². The second kappa shape index (κ2) is 1.75. The molecule has 9 heavy (non-hydrogen) atoms. The number of rotatable bonds is 0. The fourth-order valence-corrected chi connectivity index (χ4v) is 2.24. The van der Waals surface area contributed by atoms with Gasteiger partial charge in [0.1, 0.15) is 7.28 Å². The summed E-state index contributed by atoms with van der Waals surface area (Å²) in [7, 11) is 3.75. The van der Waals surface area contributed by atoms with Crippen LogP contribution in [0.3, 0.4) is 0 Å². The first-order valence-corrected chi connectivity index (χ1v) is 3.99. The van der Waals surface area contributed by atoms with Crippen molar-refractivity contribution in [2.75, 3.05) is 20.1 Å². The standard InChI is InChI=1S/C7H14BN/c1-9-5-3-7(6-9)2-4-8-7/h8H,2-6H2,1H3. The van der Waals surface area contributed by atoms with Gasteiger partial charge in [0.25, 0.3) is 0 Å². The van der Waals surface area contributed by atoms with Crippen molar-refractivity contribution in [2.24, 2.45) is 0 Å². The van der Waals surface area contributed by atoms with Crippen LogP contribution in [0.4, 0.5) is 0 Å². The second-order valence-electron chi connectivity index (χ2n) is 3.84. The molecule has 2 fully saturated rings. The van der Waals surface area contributed by atoms with Gasteiger partial charge in [0.2, 0.25) is 0 Å². The zero-order chi connectivity index (χ0) is 6.32. The minimum atomic E-state index is 0.814. The van der Waals surface area contributed by atoms with E-state index in [2.05, 4.69) is 11.9 Å². The highest BCUT2D eigenvalue weighted by molar-refractivity contribution is 6.44. The predicted molar refractivity (Wildman–Crippen MR) is 41.4 cm³/mol. The number of likely N-dealkylation sites (tertiary alicyclic amines) is 1. The Morgan fingerprint density at radius 2 is 2.22 bits per heavy atom. The highest BCUT2D eigenvalue weighted by atomic mass is 15.1. The van der Waals surface area contributed by atoms with Gasteiger partial charge in [-0.1, -0.05) is 12.7 Å². The molecule has 0 saturated carbocycles. The fourth-order valence-electron chi connectivity index (χ4n) is 2.24. The number of hydrogen-bond donors (Lipinski definition) is 0. The molecule has 0 aromatic rings. The van der Waals surface area contributed by atoms with Crippen LogP contribution in [-0.4, -0.2) is 32.3 Å². The van der Waals surface area contributed by atoms with Crippen LogP contribution in [0.25, 0.3) is 0 Å². The van der Waals surface area contributed by atoms with Crippen molar-refractivity contribution in [1.29, 1.82) is 0 Å². The summed E-state index contributed by atoms with van der Waals surface area (Å²) in [5.41, 5.74) is 0. The first-order valence-electron chi connectivity index (χ1n) is 3.99. The molecule has 2 aliphatic rings. The Morgan fingerprint density at radius 3 is 2.44 bits per heavy atom. The molecule has 1 nitrogen and oxygen atoms in total. The summed E-state index contributed by atoms with van der Waals surface area (Å²) in [5.74, 6) is 0. The molecule has 2 heteroatoms. The molecule has 0 aromatic carbocycles. The fraction of sp³-hybridized carbons (Fsp3) is 1.00. The van der Waals surface area contributed by atoms with E-state index in [1.165, 1.54) is 39.5 Å². The molecule has 2 heterocycles. The quantitative estimate of drug-likeness (QED) is 0.429. The Labute approximate surface area is 57.7 Å². The monoisotopic (exact) mass is 123 g/mol. The minimum absolute atomic E-state index is 0.814. The highest BCUT2D eigenvalue weighted by Crippen LogP contribution is 2.48. The molecule has 0 amide bonds. The Bertz CT molecular complexity index is 120. The topological polar surface area (TPSA) is 3.24 Å². The molecule has 0 bridgehead atoms. The molecule has 2 aliphatic heterocycles. The molecule has 50 valence electrons. The Hall–Kier alpha value is 0.0249. The lowest BCUT2D eigenvalue weighted by Gasteiger charge is -2.36. The van der Waals surface area contributed by atoms with Crippen molar-refractivity contribution in [3.05, 3.63) is 0 Å². The lowest BCUT2D eigenvalue weighted by Crippen LogP contribution is -2.32. The Balaban J connectivity index is 1.99. The van der Waals surface area contributed by atoms with Crippen molar-refractivity contribution >= 4 is 7.28 Å². The third-order valence-electron chi connectivity index (χ3n) is 3.04. The summed E-state index contributed by atoms with van der Waals surface area (Å²) >= 11 is 0. The highest BCUT2D eigenvalue weighted by Gasteiger charge is 2.42. The summed E-state index contributed by atoms with van der Waals surface area (Å²) in [5, 5.41) is 0.814. The molecule has 1 unspecified atom stereocenters. The zero-order valence-electron chi connectivity index (χ0n) is 6.19. The maximum atomic E-state index is 2.47. The molecule has 0 aromatic heterocycles. The van der Waals surface area contributed by atoms with Gasteiger partial charge in [0, 0.05) is 0 Å². The van der Waals surface area contributed by atoms with E-state index in [4.69, 9.17) is 0 Å². The first kappa shape index (κ1) is 5.78. The normalized spacial score (nSPS) is 42.8. The van der Waals surface area contributed by atoms with Crippen LogP contribution < -0.4 is 0 Å². The van der Waals surface area contributed by atoms with Gasteiger partial charge < -0.3 is 4.90 Å². The van der Waals surface area contributed by atoms with E-state index in [1.54, 1.807) is 0 Å². The Morgan fingerprint density at radius 1 is 1.44 bits per heavy atom. The van der Waals surface area contributed by atoms with Crippen molar-refractivity contribution in [3.8, 4) is 0 Å². The summed E-state index contributed by atoms with van der Waals surface area (Å²) in [6, 6.07) is 0. The molecule has 0 radical (unpaired) electrons. The van der Waals surface area contributed by atoms with Crippen LogP contribution in [0.1, 0.15) is 12.8 Å². The van der Waals surface area contributed by atoms with Gasteiger partial charge in [-0.2, -0.15) is 0 Å². The van der Waals surface area contributed by atoms with Crippen LogP contribution in [0, 0.1) is 0 Å². The van der Waals surface area contributed by atoms with E-state index in [9.17, 15) is 0 Å². The van der Waals surface area contributed by atoms with Gasteiger partial charge in [-0.25, -0.2) is 0 Å². The third kappa shape index (κ3) is 0.805. The van der Waals surface area contributed by atoms with Crippen molar-refractivity contribution in [1.82, 2.24) is 4.90 Å². The Kier molecular flexibility index (Phi) is 1.13. The van der Waals surface area contributed by atoms with Crippen LogP contribution in [0.15, 0.2) is 0 Å². The molecule has 2 rings (SSSR count). The van der Waals surface area contributed by atoms with E-state index in [1.807, 2.05) is 0 Å². The van der Waals surface area contributed by atoms with Gasteiger partial charge in [-0.05, 0) is 31.9 Å². The van der Waals surface area contributed by atoms with Gasteiger partial charge in [0.05, 0.1) is 0 Å². The summed E-state index contributed by atoms with van der Waals surface area (Å²) in [4.78, 5) is 2.47. The molecule has 1 spiro atoms. The van der Waals surface area contributed by atoms with Crippen molar-refractivity contribution in [3.63, 3.8) is 0 Å². The van der Waals surface area contributed by atoms with Gasteiger partial charge >= 0.3 is 0 Å². The zero-order valence-corrected chi connectivity index (χ0v) is 6.19. The predicted octanol–water partition coefficient (Wildman–Crippen LogP) is 0.739. The second-order valence-corrected chi connectivity index (χ2v) is 3.84. The van der Waals surface area contributed by atoms with Crippen molar-refractivity contribution in [2.45, 2.75) is 24.5 Å². The van der Waals surface area contributed by atoms with Crippen LogP contribution in [0.2, 0.25) is 11.6 Å². The van der Waals surface area contributed by atoms with E-state index < -0.39 is 0 Å². The number of nitrogens with zero attached hydrogens (tertiary/aromatic N) is 1. The van der Waals surface area contributed by atoms with Crippen LogP contribution >= 0.6 is 0 Å². The molecular formula is C7H14BN. The molecular weight excluding hydrogens is 109 g/mol. The van der Waals surface area contributed by atoms with E-state index in [0.717, 1.165) is 5.31 Å². The third-order valence-corrected chi connectivity index (χ3v) is 3.04. The first-order chi connectivity index (χ1) is 4.31. The van der Waals surface area contributed by atoms with E-state index in [-0.39, 0.29) is 0 Å². The molecule has 0 N–H and O–H groups in total. The summed E-state index contributed by atoms with van der Waals surface area (Å²) in [6.07, 6.45) is 4.48. The molecule has 0 aliphatic carbocycles. The maximum absolute atomic E-state index is 2.47. The van der Waals surface area contributed by atoms with Crippen molar-refractivity contribution < 1.29 is 0 Å². The largest absolute Gasteiger partial charge is 0.307 e. The van der Waals surface area contributed by atoms with E-state index >= 15 is 0 Å². The minimum Gasteiger partial charge on any atom is -0.307 e.